The van der Waals surface area contributed by atoms with Crippen molar-refractivity contribution in [3.63, 3.8) is 0 Å². The quantitative estimate of drug-likeness (QED) is 0.690. The predicted octanol–water partition coefficient (Wildman–Crippen LogP) is 0.311. The zero-order valence-electron chi connectivity index (χ0n) is 9.83. The molecule has 0 aromatic carbocycles. The molecular formula is C11H23N3O. The molecule has 4 N–H and O–H groups in total. The maximum absolute atomic E-state index is 11.0. The standard InChI is InChI=1S/C11H23N3O/c1-3-9-4-6-14(8-9)7-5-11(2,13)10(12)15/h9H,3-8,13H2,1-2H3,(H2,12,15). The summed E-state index contributed by atoms with van der Waals surface area (Å²) in [6.45, 7) is 7.10. The van der Waals surface area contributed by atoms with Crippen molar-refractivity contribution < 1.29 is 4.79 Å². The van der Waals surface area contributed by atoms with Crippen LogP contribution >= 0.6 is 0 Å². The van der Waals surface area contributed by atoms with Gasteiger partial charge in [-0.2, -0.15) is 0 Å². The van der Waals surface area contributed by atoms with Gasteiger partial charge in [0.25, 0.3) is 0 Å². The largest absolute Gasteiger partial charge is 0.368 e. The number of rotatable bonds is 5. The van der Waals surface area contributed by atoms with Gasteiger partial charge in [0.05, 0.1) is 5.54 Å². The van der Waals surface area contributed by atoms with Gasteiger partial charge in [-0.05, 0) is 32.2 Å². The minimum atomic E-state index is -0.857. The molecule has 0 aliphatic carbocycles. The van der Waals surface area contributed by atoms with Crippen molar-refractivity contribution in [1.82, 2.24) is 4.90 Å². The molecule has 0 aromatic heterocycles. The summed E-state index contributed by atoms with van der Waals surface area (Å²) in [6.07, 6.45) is 3.17. The van der Waals surface area contributed by atoms with Crippen molar-refractivity contribution in [3.8, 4) is 0 Å². The van der Waals surface area contributed by atoms with Gasteiger partial charge < -0.3 is 16.4 Å². The van der Waals surface area contributed by atoms with E-state index in [9.17, 15) is 4.79 Å². The van der Waals surface area contributed by atoms with Crippen LogP contribution in [0.15, 0.2) is 0 Å². The number of carbonyl (C=O) groups excluding carboxylic acids is 1. The number of primary amides is 1. The molecule has 2 unspecified atom stereocenters. The smallest absolute Gasteiger partial charge is 0.237 e. The first kappa shape index (κ1) is 12.5. The van der Waals surface area contributed by atoms with Crippen LogP contribution in [0.4, 0.5) is 0 Å². The molecule has 4 nitrogen and oxygen atoms in total. The Morgan fingerprint density at radius 3 is 2.73 bits per heavy atom. The van der Waals surface area contributed by atoms with Crippen LogP contribution in [0.1, 0.15) is 33.1 Å². The monoisotopic (exact) mass is 213 g/mol. The summed E-state index contributed by atoms with van der Waals surface area (Å²) in [6, 6.07) is 0. The molecule has 4 heteroatoms. The van der Waals surface area contributed by atoms with Crippen molar-refractivity contribution >= 4 is 5.91 Å². The fourth-order valence-corrected chi connectivity index (χ4v) is 1.96. The van der Waals surface area contributed by atoms with Crippen LogP contribution in [-0.2, 0) is 4.79 Å². The molecule has 88 valence electrons. The van der Waals surface area contributed by atoms with E-state index in [1.807, 2.05) is 0 Å². The third-order valence-corrected chi connectivity index (χ3v) is 3.46. The molecule has 1 heterocycles. The lowest BCUT2D eigenvalue weighted by atomic mass is 9.98. The molecule has 15 heavy (non-hydrogen) atoms. The number of hydrogen-bond donors (Lipinski definition) is 2. The minimum absolute atomic E-state index is 0.409. The Bertz CT molecular complexity index is 228. The molecule has 0 bridgehead atoms. The maximum atomic E-state index is 11.0. The molecule has 0 radical (unpaired) electrons. The van der Waals surface area contributed by atoms with Gasteiger partial charge in [-0.25, -0.2) is 0 Å². The zero-order chi connectivity index (χ0) is 11.5. The molecule has 1 rings (SSSR count). The summed E-state index contributed by atoms with van der Waals surface area (Å²) >= 11 is 0. The first-order valence-corrected chi connectivity index (χ1v) is 5.77. The Kier molecular flexibility index (Phi) is 4.11. The first-order chi connectivity index (χ1) is 6.95. The summed E-state index contributed by atoms with van der Waals surface area (Å²) in [5, 5.41) is 0. The number of nitrogens with two attached hydrogens (primary N) is 2. The first-order valence-electron chi connectivity index (χ1n) is 5.77. The van der Waals surface area contributed by atoms with E-state index in [0.717, 1.165) is 25.6 Å². The Morgan fingerprint density at radius 1 is 1.60 bits per heavy atom. The zero-order valence-corrected chi connectivity index (χ0v) is 9.83. The highest BCUT2D eigenvalue weighted by molar-refractivity contribution is 5.83. The molecule has 1 aliphatic heterocycles. The van der Waals surface area contributed by atoms with E-state index < -0.39 is 11.4 Å². The molecule has 1 fully saturated rings. The van der Waals surface area contributed by atoms with Gasteiger partial charge in [-0.3, -0.25) is 4.79 Å². The van der Waals surface area contributed by atoms with Gasteiger partial charge in [0, 0.05) is 13.1 Å². The third-order valence-electron chi connectivity index (χ3n) is 3.46. The van der Waals surface area contributed by atoms with Gasteiger partial charge >= 0.3 is 0 Å². The molecule has 0 spiro atoms. The average molecular weight is 213 g/mol. The van der Waals surface area contributed by atoms with Crippen LogP contribution in [0.5, 0.6) is 0 Å². The summed E-state index contributed by atoms with van der Waals surface area (Å²) in [5.74, 6) is 0.413. The van der Waals surface area contributed by atoms with Crippen LogP contribution in [0, 0.1) is 5.92 Å². The van der Waals surface area contributed by atoms with Crippen molar-refractivity contribution in [2.45, 2.75) is 38.6 Å². The fraction of sp³-hybridized carbons (Fsp3) is 0.909. The van der Waals surface area contributed by atoms with Crippen molar-refractivity contribution in [2.75, 3.05) is 19.6 Å². The van der Waals surface area contributed by atoms with Gasteiger partial charge in [-0.15, -0.1) is 0 Å². The number of nitrogens with zero attached hydrogens (tertiary/aromatic N) is 1. The molecule has 0 saturated carbocycles. The Morgan fingerprint density at radius 2 is 2.27 bits per heavy atom. The van der Waals surface area contributed by atoms with Crippen LogP contribution in [0.25, 0.3) is 0 Å². The van der Waals surface area contributed by atoms with Crippen LogP contribution in [0.3, 0.4) is 0 Å². The van der Waals surface area contributed by atoms with Gasteiger partial charge in [0.2, 0.25) is 5.91 Å². The van der Waals surface area contributed by atoms with Gasteiger partial charge in [0.15, 0.2) is 0 Å². The SMILES string of the molecule is CCC1CCN(CCC(C)(N)C(N)=O)C1. The lowest BCUT2D eigenvalue weighted by molar-refractivity contribution is -0.122. The highest BCUT2D eigenvalue weighted by Crippen LogP contribution is 2.20. The molecular weight excluding hydrogens is 190 g/mol. The van der Waals surface area contributed by atoms with Crippen molar-refractivity contribution in [2.24, 2.45) is 17.4 Å². The second kappa shape index (κ2) is 4.94. The molecule has 0 aromatic rings. The summed E-state index contributed by atoms with van der Waals surface area (Å²) in [4.78, 5) is 13.4. The van der Waals surface area contributed by atoms with Crippen LogP contribution < -0.4 is 11.5 Å². The minimum Gasteiger partial charge on any atom is -0.368 e. The Labute approximate surface area is 92.0 Å². The maximum Gasteiger partial charge on any atom is 0.237 e. The number of carbonyl (C=O) groups is 1. The van der Waals surface area contributed by atoms with Gasteiger partial charge in [-0.1, -0.05) is 13.3 Å². The lowest BCUT2D eigenvalue weighted by Crippen LogP contribution is -2.51. The van der Waals surface area contributed by atoms with E-state index in [-0.39, 0.29) is 0 Å². The van der Waals surface area contributed by atoms with E-state index in [1.54, 1.807) is 6.92 Å². The van der Waals surface area contributed by atoms with Crippen LogP contribution in [0.2, 0.25) is 0 Å². The third kappa shape index (κ3) is 3.47. The van der Waals surface area contributed by atoms with E-state index in [4.69, 9.17) is 11.5 Å². The Hall–Kier alpha value is -0.610. The van der Waals surface area contributed by atoms with E-state index in [2.05, 4.69) is 11.8 Å². The van der Waals surface area contributed by atoms with E-state index in [0.29, 0.717) is 6.42 Å². The van der Waals surface area contributed by atoms with Gasteiger partial charge in [0.1, 0.15) is 0 Å². The number of amides is 1. The van der Waals surface area contributed by atoms with E-state index >= 15 is 0 Å². The Balaban J connectivity index is 2.29. The van der Waals surface area contributed by atoms with E-state index in [1.165, 1.54) is 12.8 Å². The summed E-state index contributed by atoms with van der Waals surface area (Å²) < 4.78 is 0. The second-order valence-corrected chi connectivity index (χ2v) is 4.90. The normalized spacial score (nSPS) is 26.5. The lowest BCUT2D eigenvalue weighted by Gasteiger charge is -2.24. The van der Waals surface area contributed by atoms with Crippen molar-refractivity contribution in [3.05, 3.63) is 0 Å². The molecule has 2 atom stereocenters. The highest BCUT2D eigenvalue weighted by Gasteiger charge is 2.28. The highest BCUT2D eigenvalue weighted by atomic mass is 16.1. The van der Waals surface area contributed by atoms with Crippen molar-refractivity contribution in [1.29, 1.82) is 0 Å². The summed E-state index contributed by atoms with van der Waals surface area (Å²) in [7, 11) is 0. The molecule has 1 aliphatic rings. The van der Waals surface area contributed by atoms with Crippen LogP contribution in [-0.4, -0.2) is 36.0 Å². The molecule has 1 saturated heterocycles. The molecule has 1 amide bonds. The summed E-state index contributed by atoms with van der Waals surface area (Å²) in [5.41, 5.74) is 10.2. The average Bonchev–Trinajstić information content (AvgIpc) is 2.62. The topological polar surface area (TPSA) is 72.3 Å². The number of hydrogen-bond acceptors (Lipinski definition) is 3. The fourth-order valence-electron chi connectivity index (χ4n) is 1.96. The second-order valence-electron chi connectivity index (χ2n) is 4.90. The number of likely N-dealkylation sites (tertiary alicyclic amines) is 1. The predicted molar refractivity (Wildman–Crippen MR) is 61.2 cm³/mol.